The van der Waals surface area contributed by atoms with Crippen LogP contribution in [0.4, 0.5) is 0 Å². The fraction of sp³-hybridized carbons (Fsp3) is 0.714. The van der Waals surface area contributed by atoms with Crippen LogP contribution in [0, 0.1) is 0 Å². The number of hydrogen-bond acceptors (Lipinski definition) is 1. The van der Waals surface area contributed by atoms with Gasteiger partial charge in [-0.05, 0) is 31.3 Å². The topological polar surface area (TPSA) is 9.23 Å². The molecule has 0 saturated heterocycles. The fourth-order valence-corrected chi connectivity index (χ4v) is 0.462. The van der Waals surface area contributed by atoms with E-state index < -0.39 is 0 Å². The third-order valence-electron chi connectivity index (χ3n) is 0.831. The lowest BCUT2D eigenvalue weighted by Gasteiger charge is -2.05. The van der Waals surface area contributed by atoms with Crippen LogP contribution in [0.1, 0.15) is 20.8 Å². The third kappa shape index (κ3) is 6.06. The van der Waals surface area contributed by atoms with Crippen molar-refractivity contribution >= 4 is 15.9 Å². The van der Waals surface area contributed by atoms with Gasteiger partial charge in [-0.3, -0.25) is 0 Å². The van der Waals surface area contributed by atoms with Crippen LogP contribution in [0.25, 0.3) is 0 Å². The second-order valence-electron chi connectivity index (χ2n) is 2.32. The van der Waals surface area contributed by atoms with Crippen molar-refractivity contribution < 1.29 is 4.74 Å². The molecule has 0 heterocycles. The maximum Gasteiger partial charge on any atom is 0.0685 e. The Labute approximate surface area is 65.2 Å². The molecule has 0 spiro atoms. The zero-order valence-electron chi connectivity index (χ0n) is 6.15. The molecule has 0 rings (SSSR count). The van der Waals surface area contributed by atoms with Gasteiger partial charge in [-0.25, -0.2) is 0 Å². The van der Waals surface area contributed by atoms with Crippen LogP contribution in [0.15, 0.2) is 10.6 Å². The van der Waals surface area contributed by atoms with Gasteiger partial charge in [0.05, 0.1) is 12.7 Å². The minimum Gasteiger partial charge on any atom is -0.374 e. The highest BCUT2D eigenvalue weighted by Gasteiger charge is 1.92. The molecule has 0 unspecified atom stereocenters. The van der Waals surface area contributed by atoms with Crippen molar-refractivity contribution in [2.75, 3.05) is 6.61 Å². The zero-order valence-corrected chi connectivity index (χ0v) is 7.73. The molecule has 0 fully saturated rings. The Balaban J connectivity index is 3.28. The standard InChI is InChI=1S/C7H13BrO/c1-6(2)9-5-7(3)4-8/h4,6H,5H2,1-3H3. The summed E-state index contributed by atoms with van der Waals surface area (Å²) < 4.78 is 5.30. The van der Waals surface area contributed by atoms with Crippen LogP contribution in [-0.4, -0.2) is 12.7 Å². The Morgan fingerprint density at radius 2 is 2.22 bits per heavy atom. The second kappa shape index (κ2) is 5.00. The normalized spacial score (nSPS) is 12.8. The molecule has 0 amide bonds. The van der Waals surface area contributed by atoms with E-state index in [2.05, 4.69) is 15.9 Å². The minimum absolute atomic E-state index is 0.326. The predicted molar refractivity (Wildman–Crippen MR) is 43.8 cm³/mol. The zero-order chi connectivity index (χ0) is 7.28. The Bertz CT molecular complexity index is 97.1. The van der Waals surface area contributed by atoms with E-state index >= 15 is 0 Å². The highest BCUT2D eigenvalue weighted by atomic mass is 79.9. The van der Waals surface area contributed by atoms with Gasteiger partial charge in [0.15, 0.2) is 0 Å². The first-order valence-electron chi connectivity index (χ1n) is 3.04. The highest BCUT2D eigenvalue weighted by molar-refractivity contribution is 9.11. The molecule has 0 N–H and O–H groups in total. The molecule has 0 bridgehead atoms. The third-order valence-corrected chi connectivity index (χ3v) is 1.61. The van der Waals surface area contributed by atoms with Gasteiger partial charge in [-0.15, -0.1) is 0 Å². The van der Waals surface area contributed by atoms with Gasteiger partial charge in [0.25, 0.3) is 0 Å². The van der Waals surface area contributed by atoms with E-state index in [-0.39, 0.29) is 0 Å². The molecule has 0 aliphatic carbocycles. The number of hydrogen-bond donors (Lipinski definition) is 0. The lowest BCUT2D eigenvalue weighted by molar-refractivity contribution is 0.0975. The Morgan fingerprint density at radius 3 is 2.56 bits per heavy atom. The molecule has 1 nitrogen and oxygen atoms in total. The minimum atomic E-state index is 0.326. The molecular formula is C7H13BrO. The van der Waals surface area contributed by atoms with Crippen molar-refractivity contribution in [1.82, 2.24) is 0 Å². The molecule has 9 heavy (non-hydrogen) atoms. The summed E-state index contributed by atoms with van der Waals surface area (Å²) in [6.07, 6.45) is 0.326. The molecule has 0 atom stereocenters. The van der Waals surface area contributed by atoms with Gasteiger partial charge in [-0.1, -0.05) is 15.9 Å². The quantitative estimate of drug-likeness (QED) is 0.669. The van der Waals surface area contributed by atoms with Gasteiger partial charge in [0.2, 0.25) is 0 Å². The smallest absolute Gasteiger partial charge is 0.0685 e. The summed E-state index contributed by atoms with van der Waals surface area (Å²) in [5.74, 6) is 0. The molecule has 0 aliphatic rings. The van der Waals surface area contributed by atoms with E-state index in [0.717, 1.165) is 6.61 Å². The molecular weight excluding hydrogens is 180 g/mol. The molecule has 0 aliphatic heterocycles. The summed E-state index contributed by atoms with van der Waals surface area (Å²) in [6.45, 7) is 6.81. The molecule has 54 valence electrons. The van der Waals surface area contributed by atoms with Crippen molar-refractivity contribution in [3.8, 4) is 0 Å². The van der Waals surface area contributed by atoms with Gasteiger partial charge >= 0.3 is 0 Å². The van der Waals surface area contributed by atoms with Crippen LogP contribution in [-0.2, 0) is 4.74 Å². The molecule has 0 aromatic rings. The van der Waals surface area contributed by atoms with E-state index in [1.165, 1.54) is 5.57 Å². The Morgan fingerprint density at radius 1 is 1.67 bits per heavy atom. The summed E-state index contributed by atoms with van der Waals surface area (Å²) in [5, 5.41) is 0. The maximum absolute atomic E-state index is 5.30. The van der Waals surface area contributed by atoms with E-state index in [4.69, 9.17) is 4.74 Å². The van der Waals surface area contributed by atoms with Crippen molar-refractivity contribution in [3.63, 3.8) is 0 Å². The van der Waals surface area contributed by atoms with Crippen LogP contribution in [0.2, 0.25) is 0 Å². The first-order valence-corrected chi connectivity index (χ1v) is 3.96. The van der Waals surface area contributed by atoms with Gasteiger partial charge in [0.1, 0.15) is 0 Å². The molecule has 2 heteroatoms. The lowest BCUT2D eigenvalue weighted by Crippen LogP contribution is -2.03. The highest BCUT2D eigenvalue weighted by Crippen LogP contribution is 1.99. The summed E-state index contributed by atoms with van der Waals surface area (Å²) in [4.78, 5) is 1.88. The van der Waals surface area contributed by atoms with Gasteiger partial charge < -0.3 is 4.74 Å². The van der Waals surface area contributed by atoms with E-state index in [9.17, 15) is 0 Å². The molecule has 0 radical (unpaired) electrons. The second-order valence-corrected chi connectivity index (χ2v) is 2.77. The SMILES string of the molecule is CC(=CBr)COC(C)C. The molecule has 0 saturated carbocycles. The summed E-state index contributed by atoms with van der Waals surface area (Å²) >= 11 is 3.22. The first kappa shape index (κ1) is 9.18. The lowest BCUT2D eigenvalue weighted by atomic mass is 10.4. The molecule has 0 aromatic carbocycles. The number of rotatable bonds is 3. The first-order chi connectivity index (χ1) is 4.16. The van der Waals surface area contributed by atoms with Crippen molar-refractivity contribution in [3.05, 3.63) is 10.6 Å². The van der Waals surface area contributed by atoms with Crippen molar-refractivity contribution in [2.45, 2.75) is 26.9 Å². The average molecular weight is 193 g/mol. The van der Waals surface area contributed by atoms with Crippen molar-refractivity contribution in [2.24, 2.45) is 0 Å². The van der Waals surface area contributed by atoms with E-state index in [0.29, 0.717) is 6.10 Å². The Kier molecular flexibility index (Phi) is 5.10. The molecule has 0 aromatic heterocycles. The van der Waals surface area contributed by atoms with E-state index in [1.54, 1.807) is 0 Å². The Hall–Kier alpha value is 0.180. The van der Waals surface area contributed by atoms with Crippen LogP contribution in [0.3, 0.4) is 0 Å². The largest absolute Gasteiger partial charge is 0.374 e. The fourth-order valence-electron chi connectivity index (χ4n) is 0.330. The van der Waals surface area contributed by atoms with Crippen LogP contribution >= 0.6 is 15.9 Å². The van der Waals surface area contributed by atoms with Crippen LogP contribution in [0.5, 0.6) is 0 Å². The van der Waals surface area contributed by atoms with Crippen LogP contribution < -0.4 is 0 Å². The van der Waals surface area contributed by atoms with Gasteiger partial charge in [0, 0.05) is 0 Å². The monoisotopic (exact) mass is 192 g/mol. The van der Waals surface area contributed by atoms with E-state index in [1.807, 2.05) is 25.8 Å². The average Bonchev–Trinajstić information content (AvgIpc) is 1.83. The maximum atomic E-state index is 5.30. The summed E-state index contributed by atoms with van der Waals surface area (Å²) in [6, 6.07) is 0. The number of halogens is 1. The predicted octanol–water partition coefficient (Wildman–Crippen LogP) is 2.71. The van der Waals surface area contributed by atoms with Crippen molar-refractivity contribution in [1.29, 1.82) is 0 Å². The van der Waals surface area contributed by atoms with Gasteiger partial charge in [-0.2, -0.15) is 0 Å². The summed E-state index contributed by atoms with van der Waals surface area (Å²) in [5.41, 5.74) is 1.21. The number of ether oxygens (including phenoxy) is 1. The summed E-state index contributed by atoms with van der Waals surface area (Å²) in [7, 11) is 0.